The number of fused-ring (bicyclic) bond motifs is 3. The summed E-state index contributed by atoms with van der Waals surface area (Å²) >= 11 is 1.34. The van der Waals surface area contributed by atoms with Gasteiger partial charge in [-0.05, 0) is 43.0 Å². The summed E-state index contributed by atoms with van der Waals surface area (Å²) in [6.45, 7) is 1.04. The van der Waals surface area contributed by atoms with Crippen LogP contribution in [0.4, 0.5) is 11.4 Å². The molecule has 0 bridgehead atoms. The number of rotatable bonds is 2. The average Bonchev–Trinajstić information content (AvgIpc) is 3.24. The molecule has 1 aliphatic carbocycles. The van der Waals surface area contributed by atoms with Crippen molar-refractivity contribution in [1.82, 2.24) is 4.98 Å². The second-order valence-corrected chi connectivity index (χ2v) is 7.46. The van der Waals surface area contributed by atoms with Crippen LogP contribution in [0.3, 0.4) is 0 Å². The van der Waals surface area contributed by atoms with Crippen molar-refractivity contribution in [3.63, 3.8) is 0 Å². The minimum atomic E-state index is -0.234. The highest BCUT2D eigenvalue weighted by Crippen LogP contribution is 2.37. The van der Waals surface area contributed by atoms with Crippen LogP contribution in [-0.4, -0.2) is 24.1 Å². The van der Waals surface area contributed by atoms with Gasteiger partial charge in [0.05, 0.1) is 5.69 Å². The molecular formula is C19H17N3O3S. The van der Waals surface area contributed by atoms with Gasteiger partial charge in [0.25, 0.3) is 5.91 Å². The van der Waals surface area contributed by atoms with Crippen LogP contribution in [0.15, 0.2) is 24.3 Å². The summed E-state index contributed by atoms with van der Waals surface area (Å²) in [5.41, 5.74) is 9.80. The third kappa shape index (κ3) is 2.47. The predicted molar refractivity (Wildman–Crippen MR) is 101 cm³/mol. The molecule has 0 spiro atoms. The largest absolute Gasteiger partial charge is 0.486 e. The van der Waals surface area contributed by atoms with Crippen LogP contribution >= 0.6 is 11.3 Å². The number of anilines is 2. The molecule has 0 unspecified atom stereocenters. The van der Waals surface area contributed by atoms with Crippen molar-refractivity contribution < 1.29 is 14.3 Å². The Balaban J connectivity index is 1.46. The molecule has 2 aromatic heterocycles. The fraction of sp³-hybridized carbons (Fsp3) is 0.263. The first-order valence-corrected chi connectivity index (χ1v) is 9.42. The number of hydrogen-bond acceptors (Lipinski definition) is 6. The first kappa shape index (κ1) is 15.5. The molecule has 7 heteroatoms. The number of benzene rings is 1. The number of nitrogen functional groups attached to an aromatic ring is 1. The zero-order valence-corrected chi connectivity index (χ0v) is 14.8. The number of nitrogens with two attached hydrogens (primary N) is 1. The molecule has 3 aromatic rings. The minimum Gasteiger partial charge on any atom is -0.486 e. The second kappa shape index (κ2) is 5.88. The highest BCUT2D eigenvalue weighted by atomic mass is 32.1. The normalized spacial score (nSPS) is 15.1. The molecule has 5 rings (SSSR count). The van der Waals surface area contributed by atoms with Crippen LogP contribution in [0.5, 0.6) is 11.5 Å². The van der Waals surface area contributed by atoms with Gasteiger partial charge in [-0.1, -0.05) is 0 Å². The highest BCUT2D eigenvalue weighted by Gasteiger charge is 2.21. The maximum absolute atomic E-state index is 12.7. The molecule has 2 aliphatic rings. The van der Waals surface area contributed by atoms with Crippen molar-refractivity contribution in [2.24, 2.45) is 0 Å². The van der Waals surface area contributed by atoms with Gasteiger partial charge in [-0.3, -0.25) is 4.79 Å². The van der Waals surface area contributed by atoms with Crippen LogP contribution in [0.25, 0.3) is 10.2 Å². The van der Waals surface area contributed by atoms with Crippen LogP contribution in [0.2, 0.25) is 0 Å². The van der Waals surface area contributed by atoms with Crippen molar-refractivity contribution in [3.8, 4) is 11.5 Å². The molecule has 3 N–H and O–H groups in total. The van der Waals surface area contributed by atoms with E-state index in [1.165, 1.54) is 16.9 Å². The van der Waals surface area contributed by atoms with Crippen molar-refractivity contribution in [2.45, 2.75) is 19.3 Å². The van der Waals surface area contributed by atoms with E-state index < -0.39 is 0 Å². The maximum Gasteiger partial charge on any atom is 0.267 e. The van der Waals surface area contributed by atoms with Gasteiger partial charge in [-0.15, -0.1) is 11.3 Å². The summed E-state index contributed by atoms with van der Waals surface area (Å²) in [5.74, 6) is 1.09. The third-order valence-electron chi connectivity index (χ3n) is 4.76. The second-order valence-electron chi connectivity index (χ2n) is 6.46. The zero-order valence-electron chi connectivity index (χ0n) is 14.0. The number of thiophene rings is 1. The number of pyridine rings is 1. The maximum atomic E-state index is 12.7. The van der Waals surface area contributed by atoms with Crippen molar-refractivity contribution in [3.05, 3.63) is 40.4 Å². The SMILES string of the molecule is Nc1c(C(=O)Nc2ccc3c(c2)OCCO3)sc2nc3c(cc12)CCC3. The Hall–Kier alpha value is -2.80. The van der Waals surface area contributed by atoms with Gasteiger partial charge in [0.1, 0.15) is 22.9 Å². The standard InChI is InChI=1S/C19H17N3O3S/c20-16-12-8-10-2-1-3-13(10)22-19(12)26-17(16)18(23)21-11-4-5-14-15(9-11)25-7-6-24-14/h4-5,8-9H,1-3,6-7,20H2,(H,21,23). The Morgan fingerprint density at radius 2 is 2.00 bits per heavy atom. The number of ether oxygens (including phenoxy) is 2. The Bertz CT molecular complexity index is 1040. The Kier molecular flexibility index (Phi) is 3.49. The van der Waals surface area contributed by atoms with E-state index in [4.69, 9.17) is 20.2 Å². The van der Waals surface area contributed by atoms with Gasteiger partial charge in [0.15, 0.2) is 11.5 Å². The fourth-order valence-electron chi connectivity index (χ4n) is 3.48. The summed E-state index contributed by atoms with van der Waals surface area (Å²) in [5, 5.41) is 3.77. The number of nitrogens with one attached hydrogen (secondary N) is 1. The third-order valence-corrected chi connectivity index (χ3v) is 5.87. The topological polar surface area (TPSA) is 86.5 Å². The number of nitrogens with zero attached hydrogens (tertiary/aromatic N) is 1. The Labute approximate surface area is 153 Å². The van der Waals surface area contributed by atoms with E-state index >= 15 is 0 Å². The Morgan fingerprint density at radius 1 is 1.15 bits per heavy atom. The van der Waals surface area contributed by atoms with Crippen LogP contribution < -0.4 is 20.5 Å². The first-order valence-electron chi connectivity index (χ1n) is 8.61. The smallest absolute Gasteiger partial charge is 0.267 e. The van der Waals surface area contributed by atoms with Crippen molar-refractivity contribution in [2.75, 3.05) is 24.3 Å². The lowest BCUT2D eigenvalue weighted by Crippen LogP contribution is -2.16. The molecule has 0 atom stereocenters. The molecule has 0 saturated heterocycles. The molecule has 26 heavy (non-hydrogen) atoms. The predicted octanol–water partition coefficient (Wildman–Crippen LogP) is 3.39. The van der Waals surface area contributed by atoms with E-state index in [0.717, 1.165) is 35.2 Å². The number of carbonyl (C=O) groups is 1. The number of aromatic nitrogens is 1. The van der Waals surface area contributed by atoms with Crippen molar-refractivity contribution >= 4 is 38.8 Å². The van der Waals surface area contributed by atoms with E-state index in [2.05, 4.69) is 11.4 Å². The number of hydrogen-bond donors (Lipinski definition) is 2. The number of carbonyl (C=O) groups excluding carboxylic acids is 1. The molecule has 1 amide bonds. The molecule has 0 saturated carbocycles. The summed E-state index contributed by atoms with van der Waals surface area (Å²) in [6, 6.07) is 7.45. The molecule has 1 aromatic carbocycles. The van der Waals surface area contributed by atoms with Gasteiger partial charge in [0, 0.05) is 22.8 Å². The average molecular weight is 367 g/mol. The summed E-state index contributed by atoms with van der Waals surface area (Å²) in [4.78, 5) is 18.8. The highest BCUT2D eigenvalue weighted by molar-refractivity contribution is 7.21. The van der Waals surface area contributed by atoms with Gasteiger partial charge in [0.2, 0.25) is 0 Å². The molecular weight excluding hydrogens is 350 g/mol. The van der Waals surface area contributed by atoms with Crippen molar-refractivity contribution in [1.29, 1.82) is 0 Å². The molecule has 0 fully saturated rings. The molecule has 132 valence electrons. The fourth-order valence-corrected chi connectivity index (χ4v) is 4.47. The quantitative estimate of drug-likeness (QED) is 0.725. The lowest BCUT2D eigenvalue weighted by molar-refractivity contribution is 0.103. The van der Waals surface area contributed by atoms with E-state index in [9.17, 15) is 4.79 Å². The summed E-state index contributed by atoms with van der Waals surface area (Å²) in [7, 11) is 0. The minimum absolute atomic E-state index is 0.234. The number of amides is 1. The summed E-state index contributed by atoms with van der Waals surface area (Å²) < 4.78 is 11.1. The lowest BCUT2D eigenvalue weighted by atomic mass is 10.1. The van der Waals surface area contributed by atoms with E-state index in [1.54, 1.807) is 18.2 Å². The zero-order chi connectivity index (χ0) is 17.7. The van der Waals surface area contributed by atoms with Gasteiger partial charge in [-0.25, -0.2) is 4.98 Å². The van der Waals surface area contributed by atoms with E-state index in [-0.39, 0.29) is 5.91 Å². The van der Waals surface area contributed by atoms with Crippen LogP contribution in [0, 0.1) is 0 Å². The monoisotopic (exact) mass is 367 g/mol. The molecule has 1 aliphatic heterocycles. The van der Waals surface area contributed by atoms with Gasteiger partial charge >= 0.3 is 0 Å². The van der Waals surface area contributed by atoms with Crippen LogP contribution in [-0.2, 0) is 12.8 Å². The molecule has 0 radical (unpaired) electrons. The first-order chi connectivity index (χ1) is 12.7. The van der Waals surface area contributed by atoms with E-state index in [0.29, 0.717) is 41.0 Å². The molecule has 6 nitrogen and oxygen atoms in total. The van der Waals surface area contributed by atoms with Gasteiger partial charge < -0.3 is 20.5 Å². The Morgan fingerprint density at radius 3 is 2.88 bits per heavy atom. The van der Waals surface area contributed by atoms with E-state index in [1.807, 2.05) is 0 Å². The van der Waals surface area contributed by atoms with Gasteiger partial charge in [-0.2, -0.15) is 0 Å². The lowest BCUT2D eigenvalue weighted by Gasteiger charge is -2.18. The van der Waals surface area contributed by atoms with Crippen LogP contribution in [0.1, 0.15) is 27.3 Å². The number of aryl methyl sites for hydroxylation is 2. The molecule has 3 heterocycles. The summed E-state index contributed by atoms with van der Waals surface area (Å²) in [6.07, 6.45) is 3.17.